The highest BCUT2D eigenvalue weighted by molar-refractivity contribution is 9.40. The van der Waals surface area contributed by atoms with Crippen molar-refractivity contribution in [3.8, 4) is 0 Å². The van der Waals surface area contributed by atoms with Gasteiger partial charge in [-0.25, -0.2) is 4.79 Å². The number of ether oxygens (including phenoxy) is 1. The fourth-order valence-electron chi connectivity index (χ4n) is 0.666. The summed E-state index contributed by atoms with van der Waals surface area (Å²) in [6, 6.07) is 10.1. The SMILES string of the molecule is CCOC(=O)C(Br)(Br)Br.Pc1ccccc1. The van der Waals surface area contributed by atoms with E-state index in [-0.39, 0.29) is 5.97 Å². The van der Waals surface area contributed by atoms with Crippen molar-refractivity contribution >= 4 is 68.3 Å². The van der Waals surface area contributed by atoms with Crippen LogP contribution in [0.5, 0.6) is 0 Å². The molecule has 1 rings (SSSR count). The van der Waals surface area contributed by atoms with E-state index < -0.39 is 2.14 Å². The lowest BCUT2D eigenvalue weighted by Gasteiger charge is -2.08. The Morgan fingerprint density at radius 1 is 1.31 bits per heavy atom. The van der Waals surface area contributed by atoms with E-state index in [0.717, 1.165) is 0 Å². The number of alkyl halides is 3. The van der Waals surface area contributed by atoms with Gasteiger partial charge >= 0.3 is 5.97 Å². The highest BCUT2D eigenvalue weighted by Gasteiger charge is 2.29. The third kappa shape index (κ3) is 8.68. The molecule has 2 nitrogen and oxygen atoms in total. The monoisotopic (exact) mass is 432 g/mol. The van der Waals surface area contributed by atoms with Gasteiger partial charge in [0, 0.05) is 0 Å². The first-order valence-electron chi connectivity index (χ1n) is 4.42. The van der Waals surface area contributed by atoms with Gasteiger partial charge in [-0.1, -0.05) is 30.3 Å². The molecule has 1 aromatic rings. The number of carbonyl (C=O) groups excluding carboxylic acids is 1. The molecule has 16 heavy (non-hydrogen) atoms. The van der Waals surface area contributed by atoms with E-state index >= 15 is 0 Å². The molecule has 0 aliphatic carbocycles. The number of hydrogen-bond donors (Lipinski definition) is 0. The lowest BCUT2D eigenvalue weighted by molar-refractivity contribution is -0.140. The molecule has 0 radical (unpaired) electrons. The zero-order valence-corrected chi connectivity index (χ0v) is 14.5. The Labute approximate surface area is 123 Å². The first kappa shape index (κ1) is 16.6. The molecule has 0 N–H and O–H groups in total. The van der Waals surface area contributed by atoms with Gasteiger partial charge in [-0.15, -0.1) is 9.24 Å². The van der Waals surface area contributed by atoms with Gasteiger partial charge in [0.05, 0.1) is 6.61 Å². The highest BCUT2D eigenvalue weighted by Crippen LogP contribution is 2.34. The summed E-state index contributed by atoms with van der Waals surface area (Å²) in [7, 11) is 2.63. The van der Waals surface area contributed by atoms with E-state index in [1.54, 1.807) is 6.92 Å². The second-order valence-electron chi connectivity index (χ2n) is 2.63. The summed E-state index contributed by atoms with van der Waals surface area (Å²) in [4.78, 5) is 10.7. The average Bonchev–Trinajstić information content (AvgIpc) is 2.19. The maximum atomic E-state index is 10.7. The van der Waals surface area contributed by atoms with E-state index in [1.807, 2.05) is 30.3 Å². The molecule has 0 spiro atoms. The van der Waals surface area contributed by atoms with Crippen LogP contribution in [0.4, 0.5) is 0 Å². The van der Waals surface area contributed by atoms with Gasteiger partial charge in [0.1, 0.15) is 0 Å². The summed E-state index contributed by atoms with van der Waals surface area (Å²) < 4.78 is 3.71. The van der Waals surface area contributed by atoms with E-state index in [1.165, 1.54) is 5.30 Å². The second kappa shape index (κ2) is 8.62. The second-order valence-corrected chi connectivity index (χ2v) is 10.1. The van der Waals surface area contributed by atoms with Gasteiger partial charge in [-0.05, 0) is 60.0 Å². The van der Waals surface area contributed by atoms with Gasteiger partial charge in [0.15, 0.2) is 0 Å². The molecule has 0 bridgehead atoms. The average molecular weight is 435 g/mol. The Hall–Kier alpha value is 0.560. The third-order valence-corrected chi connectivity index (χ3v) is 2.66. The number of benzene rings is 1. The largest absolute Gasteiger partial charge is 0.464 e. The Bertz CT molecular complexity index is 312. The van der Waals surface area contributed by atoms with Crippen LogP contribution < -0.4 is 5.30 Å². The number of esters is 1. The fraction of sp³-hybridized carbons (Fsp3) is 0.300. The van der Waals surface area contributed by atoms with E-state index in [9.17, 15) is 4.79 Å². The lowest BCUT2D eigenvalue weighted by Crippen LogP contribution is -2.19. The topological polar surface area (TPSA) is 26.3 Å². The summed E-state index contributed by atoms with van der Waals surface area (Å²) in [5.41, 5.74) is 0. The molecule has 0 heterocycles. The number of halogens is 3. The summed E-state index contributed by atoms with van der Waals surface area (Å²) in [5, 5.41) is 1.24. The summed E-state index contributed by atoms with van der Waals surface area (Å²) >= 11 is 9.01. The van der Waals surface area contributed by atoms with Crippen molar-refractivity contribution < 1.29 is 9.53 Å². The molecular formula is C10H12Br3O2P. The van der Waals surface area contributed by atoms with Crippen molar-refractivity contribution in [3.63, 3.8) is 0 Å². The Balaban J connectivity index is 0.000000288. The van der Waals surface area contributed by atoms with Crippen LogP contribution >= 0.6 is 57.0 Å². The van der Waals surface area contributed by atoms with Crippen LogP contribution in [0.25, 0.3) is 0 Å². The van der Waals surface area contributed by atoms with Crippen LogP contribution in [0.2, 0.25) is 0 Å². The smallest absolute Gasteiger partial charge is 0.344 e. The first-order valence-corrected chi connectivity index (χ1v) is 7.38. The minimum absolute atomic E-state index is 0.378. The fourth-order valence-corrected chi connectivity index (χ4v) is 1.23. The number of rotatable bonds is 1. The molecule has 1 unspecified atom stereocenters. The van der Waals surface area contributed by atoms with Crippen LogP contribution in [0.3, 0.4) is 0 Å². The molecule has 0 saturated heterocycles. The standard InChI is InChI=1S/C6H7P.C4H5Br3O2/c7-6-4-2-1-3-5-6;1-2-9-3(8)4(5,6)7/h1-5H,7H2;2H2,1H3. The van der Waals surface area contributed by atoms with E-state index in [4.69, 9.17) is 0 Å². The Kier molecular flexibility index (Phi) is 8.92. The van der Waals surface area contributed by atoms with Crippen LogP contribution in [0.1, 0.15) is 6.92 Å². The molecular weight excluding hydrogens is 423 g/mol. The van der Waals surface area contributed by atoms with Crippen molar-refractivity contribution in [1.29, 1.82) is 0 Å². The van der Waals surface area contributed by atoms with Crippen molar-refractivity contribution in [2.45, 2.75) is 9.07 Å². The lowest BCUT2D eigenvalue weighted by atomic mass is 10.4. The summed E-state index contributed by atoms with van der Waals surface area (Å²) in [6.45, 7) is 2.13. The highest BCUT2D eigenvalue weighted by atomic mass is 80.0. The van der Waals surface area contributed by atoms with Crippen molar-refractivity contribution in [2.75, 3.05) is 6.61 Å². The van der Waals surface area contributed by atoms with Crippen LogP contribution in [-0.4, -0.2) is 14.7 Å². The predicted molar refractivity (Wildman–Crippen MR) is 81.9 cm³/mol. The van der Waals surface area contributed by atoms with Crippen LogP contribution in [-0.2, 0) is 9.53 Å². The molecule has 6 heteroatoms. The third-order valence-electron chi connectivity index (χ3n) is 1.31. The molecule has 1 aromatic carbocycles. The minimum atomic E-state index is -0.914. The molecule has 0 aliphatic rings. The van der Waals surface area contributed by atoms with Gasteiger partial charge in [-0.2, -0.15) is 0 Å². The Morgan fingerprint density at radius 3 is 2.00 bits per heavy atom. The Morgan fingerprint density at radius 2 is 1.81 bits per heavy atom. The molecule has 1 atom stereocenters. The van der Waals surface area contributed by atoms with Gasteiger partial charge < -0.3 is 4.74 Å². The van der Waals surface area contributed by atoms with Gasteiger partial charge in [0.2, 0.25) is 2.14 Å². The quantitative estimate of drug-likeness (QED) is 0.384. The molecule has 0 aliphatic heterocycles. The molecule has 0 saturated carbocycles. The first-order chi connectivity index (χ1) is 7.38. The van der Waals surface area contributed by atoms with Gasteiger partial charge in [0.25, 0.3) is 0 Å². The zero-order valence-electron chi connectivity index (χ0n) is 8.62. The normalized spacial score (nSPS) is 10.1. The minimum Gasteiger partial charge on any atom is -0.464 e. The van der Waals surface area contributed by atoms with Gasteiger partial charge in [-0.3, -0.25) is 0 Å². The molecule has 90 valence electrons. The van der Waals surface area contributed by atoms with E-state index in [0.29, 0.717) is 6.61 Å². The van der Waals surface area contributed by atoms with Crippen LogP contribution in [0.15, 0.2) is 30.3 Å². The van der Waals surface area contributed by atoms with Crippen molar-refractivity contribution in [2.24, 2.45) is 0 Å². The number of carbonyl (C=O) groups is 1. The zero-order chi connectivity index (χ0) is 12.6. The molecule has 0 fully saturated rings. The van der Waals surface area contributed by atoms with Crippen LogP contribution in [0, 0.1) is 0 Å². The molecule has 0 amide bonds. The molecule has 0 aromatic heterocycles. The predicted octanol–water partition coefficient (Wildman–Crippen LogP) is 3.58. The number of hydrogen-bond acceptors (Lipinski definition) is 2. The maximum Gasteiger partial charge on any atom is 0.344 e. The summed E-state index contributed by atoms with van der Waals surface area (Å²) in [5.74, 6) is -0.384. The van der Waals surface area contributed by atoms with E-state index in [2.05, 4.69) is 61.8 Å². The van der Waals surface area contributed by atoms with Crippen molar-refractivity contribution in [3.05, 3.63) is 30.3 Å². The summed E-state index contributed by atoms with van der Waals surface area (Å²) in [6.07, 6.45) is 0. The van der Waals surface area contributed by atoms with Crippen molar-refractivity contribution in [1.82, 2.24) is 0 Å². The maximum absolute atomic E-state index is 10.7.